The number of hydrogen-bond acceptors (Lipinski definition) is 27. The lowest BCUT2D eigenvalue weighted by Gasteiger charge is -2.44. The van der Waals surface area contributed by atoms with E-state index in [-0.39, 0.29) is 194 Å². The number of Topliss-reactive ketones (excluding diaryl/α,β-unsaturated/α-hetero) is 2. The number of allylic oxidation sites excluding steroid dienone is 4. The molecule has 14 rings (SSSR count). The van der Waals surface area contributed by atoms with Crippen molar-refractivity contribution in [3.8, 4) is 0 Å². The second kappa shape index (κ2) is 39.6. The molecule has 8 fully saturated rings. The van der Waals surface area contributed by atoms with Gasteiger partial charge in [-0.15, -0.1) is 22.7 Å². The summed E-state index contributed by atoms with van der Waals surface area (Å²) in [6, 6.07) is 0.645. The summed E-state index contributed by atoms with van der Waals surface area (Å²) in [6.07, 6.45) is 12.3. The van der Waals surface area contributed by atoms with Gasteiger partial charge in [-0.25, -0.2) is 4.98 Å². The minimum absolute atomic E-state index is 0.0104. The molecular weight excluding hydrogens is 1550 g/mol. The molecule has 6 aliphatic heterocycles. The zero-order chi connectivity index (χ0) is 82.1. The molecule has 24 nitrogen and oxygen atoms in total. The van der Waals surface area contributed by atoms with Crippen LogP contribution in [0.4, 0.5) is 0 Å². The summed E-state index contributed by atoms with van der Waals surface area (Å²) in [7, 11) is 18.3. The molecule has 0 aromatic carbocycles. The second-order valence-electron chi connectivity index (χ2n) is 35.4. The molecule has 0 radical (unpaired) electrons. The zero-order valence-corrected chi connectivity index (χ0v) is 74.8. The van der Waals surface area contributed by atoms with Crippen LogP contribution in [0.15, 0.2) is 27.6 Å². The molecule has 2 saturated carbocycles. The Balaban J connectivity index is 0.000000201. The van der Waals surface area contributed by atoms with Gasteiger partial charge in [0.05, 0.1) is 67.4 Å². The number of carbonyl (C=O) groups excluding carboxylic acids is 4. The first-order valence-corrected chi connectivity index (χ1v) is 46.3. The maximum Gasteiger partial charge on any atom is 0.306 e. The van der Waals surface area contributed by atoms with E-state index in [4.69, 9.17) is 93.0 Å². The predicted octanol–water partition coefficient (Wildman–Crippen LogP) is 14.2. The van der Waals surface area contributed by atoms with Crippen LogP contribution in [0.25, 0.3) is 0 Å². The molecule has 2 aromatic heterocycles. The van der Waals surface area contributed by atoms with Crippen LogP contribution in [0.3, 0.4) is 0 Å². The number of ketones is 2. The van der Waals surface area contributed by atoms with Crippen LogP contribution < -0.4 is 0 Å². The van der Waals surface area contributed by atoms with Crippen molar-refractivity contribution in [2.45, 2.75) is 347 Å². The number of thioether (sulfide) groups is 1. The number of thiazole rings is 2. The number of rotatable bonds is 21. The van der Waals surface area contributed by atoms with E-state index in [1.807, 2.05) is 27.7 Å². The highest BCUT2D eigenvalue weighted by Gasteiger charge is 2.60. The van der Waals surface area contributed by atoms with Crippen LogP contribution in [-0.2, 0) is 95.0 Å². The summed E-state index contributed by atoms with van der Waals surface area (Å²) < 4.78 is 102. The van der Waals surface area contributed by atoms with Crippen molar-refractivity contribution in [3.63, 3.8) is 0 Å². The molecule has 8 heterocycles. The first-order chi connectivity index (χ1) is 55.3. The Bertz CT molecular complexity index is 3720. The highest BCUT2D eigenvalue weighted by Crippen LogP contribution is 2.65. The Kier molecular flexibility index (Phi) is 30.9. The second-order valence-corrected chi connectivity index (χ2v) is 39.5. The Morgan fingerprint density at radius 3 is 1.38 bits per heavy atom. The van der Waals surface area contributed by atoms with Crippen LogP contribution in [-0.4, -0.2) is 255 Å². The van der Waals surface area contributed by atoms with Gasteiger partial charge in [0.25, 0.3) is 0 Å². The zero-order valence-electron chi connectivity index (χ0n) is 71.6. The molecule has 12 aliphatic rings. The smallest absolute Gasteiger partial charge is 0.306 e. The number of aromatic amines is 1. The van der Waals surface area contributed by atoms with E-state index < -0.39 is 36.6 Å². The van der Waals surface area contributed by atoms with Crippen molar-refractivity contribution >= 4 is 70.2 Å². The molecule has 0 bridgehead atoms. The molecule has 6 saturated heterocycles. The molecule has 115 heavy (non-hydrogen) atoms. The van der Waals surface area contributed by atoms with E-state index in [1.54, 1.807) is 77.1 Å². The summed E-state index contributed by atoms with van der Waals surface area (Å²) in [5.41, 5.74) is 3.57. The topological polar surface area (TPSA) is 251 Å². The van der Waals surface area contributed by atoms with Crippen molar-refractivity contribution in [1.29, 1.82) is 0 Å². The van der Waals surface area contributed by atoms with Gasteiger partial charge in [0, 0.05) is 123 Å². The fraction of sp³-hybridized carbons (Fsp3) is 0.839. The van der Waals surface area contributed by atoms with Gasteiger partial charge < -0.3 is 90.6 Å². The standard InChI is InChI=1S/C45H70N2O10S2.C42H64N2O10S2/c1-11-18-58-45-46-38-37-29(28-19-27(20-32(28)43(38)59-45)56-44-42(52-10)41(51-9)40(50-8)25(5)54-44)21-31-30(37)22-35(48)55-26(12-2)14-13-15-34(23(3)39(31)49)57-36-17-16-33(47(6)7)24(4)53-36;1-10-23-12-11-13-31(54-33-15-14-30(44(5)6)21(3)50-33)20(2)36(46)28-18-26-25-16-24(53-41-39(49-9)38(48-8)37(47-7)22(4)51-41)17-29(25)40-35(43-42(55)56-40)34(26)27(28)19-32(45)52-23/h21,23-30,32-34,36-37,40-42,44H,11-20,22H2,1-10H3;18,20-27,29-31,33-34,37-39,41H,10-17,19H2,1-9H3,(H,43,55)/t23-,24?,25?,26+,27+,28+,29+,30-,32-,33+,34+,36+,37-,40+,41?,42+,44+;20-,21?,22?,23+,24+,25+,26+,27-,29-,30+,31+,33+,34-,37+,38?,39+,41+/m11/s1. The summed E-state index contributed by atoms with van der Waals surface area (Å²) >= 11 is 11.0. The fourth-order valence-electron chi connectivity index (χ4n) is 22.4. The number of methoxy groups -OCH3 is 6. The highest BCUT2D eigenvalue weighted by atomic mass is 32.2. The maximum absolute atomic E-state index is 15.1. The lowest BCUT2D eigenvalue weighted by molar-refractivity contribution is -0.314. The monoisotopic (exact) mass is 1680 g/mol. The van der Waals surface area contributed by atoms with Crippen LogP contribution in [0.1, 0.15) is 229 Å². The van der Waals surface area contributed by atoms with Gasteiger partial charge in [-0.3, -0.25) is 19.2 Å². The van der Waals surface area contributed by atoms with Crippen molar-refractivity contribution < 1.29 is 95.0 Å². The number of likely N-dealkylation sites (N-methyl/N-ethyl adjacent to an activating group) is 2. The Hall–Kier alpha value is -3.05. The Morgan fingerprint density at radius 2 is 0.957 bits per heavy atom. The third-order valence-corrected chi connectivity index (χ3v) is 32.2. The van der Waals surface area contributed by atoms with Crippen molar-refractivity contribution in [3.05, 3.63) is 48.4 Å². The Labute approximate surface area is 700 Å². The largest absolute Gasteiger partial charge is 0.462 e. The van der Waals surface area contributed by atoms with Crippen molar-refractivity contribution in [1.82, 2.24) is 19.8 Å². The number of aromatic nitrogens is 2. The number of nitrogens with one attached hydrogen (secondary N) is 1. The van der Waals surface area contributed by atoms with Gasteiger partial charge in [0.2, 0.25) is 0 Å². The molecule has 6 aliphatic carbocycles. The Morgan fingerprint density at radius 1 is 0.513 bits per heavy atom. The predicted molar refractivity (Wildman–Crippen MR) is 440 cm³/mol. The molecule has 2 aromatic rings. The molecule has 34 atom stereocenters. The summed E-state index contributed by atoms with van der Waals surface area (Å²) in [5, 5.41) is 0. The van der Waals surface area contributed by atoms with E-state index in [2.05, 4.69) is 89.7 Å². The first-order valence-electron chi connectivity index (χ1n) is 43.3. The SMILES string of the molecule is CCCSc1nc2c(s1)[C@@H]1C[C@@H](O[C@@H]3OC(C)[C@H](OC)C(OC)[C@@H]3OC)C[C@H]1[C@@H]1C=C3C(=O)[C@H](C)[C@@H](O[C@H]4CC[C@H](N(C)C)C(C)O4)CCC[C@H](CC)OC(=O)C[C@H]3[C@H]21.CC[C@H]1CCC[C@H](O[C@H]2CC[C@H](N(C)C)C(C)O2)[C@@H](C)C(=O)C2=C[C@H]3[C@@H]4C[C@H](O[C@@H]5OC(C)[C@H](OC)C(OC)[C@@H]5OC)C[C@H]4c4sc(=S)[nH]c4[C@H]3[C@@H]2CC(=O)O1. The number of cyclic esters (lactones) is 2. The third-order valence-electron chi connectivity index (χ3n) is 28.2. The molecule has 28 heteroatoms. The number of hydrogen-bond donors (Lipinski definition) is 1. The molecule has 646 valence electrons. The van der Waals surface area contributed by atoms with E-state index in [9.17, 15) is 14.4 Å². The number of fused-ring (bicyclic) bond motifs is 16. The van der Waals surface area contributed by atoms with E-state index >= 15 is 4.79 Å². The van der Waals surface area contributed by atoms with Crippen molar-refractivity contribution in [2.24, 2.45) is 47.3 Å². The van der Waals surface area contributed by atoms with Gasteiger partial charge >= 0.3 is 11.9 Å². The maximum atomic E-state index is 15.1. The van der Waals surface area contributed by atoms with E-state index in [1.165, 1.54) is 9.75 Å². The number of esters is 2. The normalized spacial score (nSPS) is 42.4. The lowest BCUT2D eigenvalue weighted by Crippen LogP contribution is -2.59. The number of nitrogens with zero attached hydrogens (tertiary/aromatic N) is 3. The van der Waals surface area contributed by atoms with E-state index in [0.29, 0.717) is 28.9 Å². The van der Waals surface area contributed by atoms with Crippen LogP contribution >= 0.6 is 46.7 Å². The lowest BCUT2D eigenvalue weighted by atomic mass is 9.67. The van der Waals surface area contributed by atoms with Crippen LogP contribution in [0.2, 0.25) is 0 Å². The number of carbonyl (C=O) groups is 4. The van der Waals surface area contributed by atoms with Gasteiger partial charge in [-0.1, -0.05) is 58.5 Å². The minimum Gasteiger partial charge on any atom is -0.462 e. The van der Waals surface area contributed by atoms with Crippen LogP contribution in [0.5, 0.6) is 0 Å². The fourth-order valence-corrected chi connectivity index (χ4v) is 26.2. The van der Waals surface area contributed by atoms with Gasteiger partial charge in [-0.2, -0.15) is 0 Å². The number of ether oxygens (including phenoxy) is 16. The molecule has 6 unspecified atom stereocenters. The first kappa shape index (κ1) is 89.7. The third kappa shape index (κ3) is 19.0. The average Bonchev–Trinajstić information content (AvgIpc) is 1.56. The highest BCUT2D eigenvalue weighted by molar-refractivity contribution is 8.01. The van der Waals surface area contributed by atoms with Gasteiger partial charge in [0.15, 0.2) is 40.7 Å². The number of H-pyrrole nitrogens is 1. The molecule has 0 amide bonds. The van der Waals surface area contributed by atoms with Gasteiger partial charge in [0.1, 0.15) is 53.2 Å². The van der Waals surface area contributed by atoms with Crippen LogP contribution in [0, 0.1) is 51.3 Å². The summed E-state index contributed by atoms with van der Waals surface area (Å²) in [6.45, 7) is 18.5. The minimum atomic E-state index is -0.640. The molecular formula is C87H134N4O20S4. The quantitative estimate of drug-likeness (QED) is 0.0692. The van der Waals surface area contributed by atoms with Crippen molar-refractivity contribution in [2.75, 3.05) is 76.6 Å². The molecule has 0 spiro atoms. The van der Waals surface area contributed by atoms with E-state index in [0.717, 1.165) is 129 Å². The average molecular weight is 1680 g/mol. The summed E-state index contributed by atoms with van der Waals surface area (Å²) in [4.78, 5) is 73.7. The molecule has 1 N–H and O–H groups in total. The van der Waals surface area contributed by atoms with Gasteiger partial charge in [-0.05, 0) is 212 Å². The summed E-state index contributed by atoms with van der Waals surface area (Å²) in [5.74, 6) is -0.337.